The van der Waals surface area contributed by atoms with Crippen LogP contribution in [0, 0.1) is 12.8 Å². The van der Waals surface area contributed by atoms with Gasteiger partial charge in [0.05, 0.1) is 17.8 Å². The van der Waals surface area contributed by atoms with E-state index in [2.05, 4.69) is 20.9 Å². The maximum Gasteiger partial charge on any atom is 0.253 e. The molecule has 2 aromatic carbocycles. The number of benzene rings is 2. The molecule has 1 atom stereocenters. The van der Waals surface area contributed by atoms with Gasteiger partial charge in [-0.05, 0) is 56.3 Å². The molecule has 1 fully saturated rings. The summed E-state index contributed by atoms with van der Waals surface area (Å²) in [6.07, 6.45) is 3.44. The first-order chi connectivity index (χ1) is 16.4. The van der Waals surface area contributed by atoms with Crippen molar-refractivity contribution in [3.05, 3.63) is 65.2 Å². The summed E-state index contributed by atoms with van der Waals surface area (Å²) in [6.45, 7) is 6.98. The number of aryl methyl sites for hydroxylation is 1. The van der Waals surface area contributed by atoms with Gasteiger partial charge >= 0.3 is 0 Å². The molecule has 3 amide bonds. The number of piperidine rings is 1. The van der Waals surface area contributed by atoms with Crippen LogP contribution in [0.25, 0.3) is 0 Å². The Hall–Kier alpha value is -3.19. The standard InChI is InChI=1S/C27H36N4O3/c1-3-7-25(32)28-17-22-8-6-15-31(18-22)19-26(33)30-24-10-5-4-9-23(24)27(34)29-16-21-13-11-20(2)12-14-21/h4-5,9-14,22H,3,6-8,15-19H2,1-2H3,(H,28,32)(H,29,34)(H,30,33). The van der Waals surface area contributed by atoms with E-state index in [4.69, 9.17) is 0 Å². The molecule has 0 aliphatic carbocycles. The Labute approximate surface area is 202 Å². The minimum Gasteiger partial charge on any atom is -0.356 e. The summed E-state index contributed by atoms with van der Waals surface area (Å²) in [5, 5.41) is 8.85. The second-order valence-electron chi connectivity index (χ2n) is 9.06. The van der Waals surface area contributed by atoms with Crippen LogP contribution in [-0.4, -0.2) is 48.8 Å². The predicted octanol–water partition coefficient (Wildman–Crippen LogP) is 3.49. The fraction of sp³-hybridized carbons (Fsp3) is 0.444. The molecule has 0 radical (unpaired) electrons. The van der Waals surface area contributed by atoms with E-state index in [0.29, 0.717) is 36.7 Å². The van der Waals surface area contributed by atoms with E-state index < -0.39 is 0 Å². The topological polar surface area (TPSA) is 90.5 Å². The van der Waals surface area contributed by atoms with E-state index in [1.165, 1.54) is 5.56 Å². The molecule has 7 nitrogen and oxygen atoms in total. The number of carbonyl (C=O) groups excluding carboxylic acids is 3. The van der Waals surface area contributed by atoms with Crippen LogP contribution >= 0.6 is 0 Å². The fourth-order valence-electron chi connectivity index (χ4n) is 4.20. The van der Waals surface area contributed by atoms with E-state index in [9.17, 15) is 14.4 Å². The molecular formula is C27H36N4O3. The summed E-state index contributed by atoms with van der Waals surface area (Å²) in [4.78, 5) is 39.4. The molecule has 1 unspecified atom stereocenters. The van der Waals surface area contributed by atoms with Crippen molar-refractivity contribution in [3.63, 3.8) is 0 Å². The Balaban J connectivity index is 1.51. The van der Waals surface area contributed by atoms with Gasteiger partial charge in [0.15, 0.2) is 0 Å². The number of rotatable bonds is 10. The van der Waals surface area contributed by atoms with E-state index in [1.54, 1.807) is 18.2 Å². The number of anilines is 1. The zero-order valence-corrected chi connectivity index (χ0v) is 20.2. The molecule has 0 spiro atoms. The fourth-order valence-corrected chi connectivity index (χ4v) is 4.20. The maximum atomic E-state index is 12.8. The maximum absolute atomic E-state index is 12.8. The molecule has 1 aliphatic heterocycles. The molecule has 0 bridgehead atoms. The third-order valence-electron chi connectivity index (χ3n) is 6.05. The summed E-state index contributed by atoms with van der Waals surface area (Å²) in [5.74, 6) is 0.0728. The number of hydrogen-bond donors (Lipinski definition) is 3. The molecule has 0 saturated carbocycles. The van der Waals surface area contributed by atoms with Crippen molar-refractivity contribution in [1.82, 2.24) is 15.5 Å². The lowest BCUT2D eigenvalue weighted by atomic mass is 9.98. The number of amides is 3. The monoisotopic (exact) mass is 464 g/mol. The van der Waals surface area contributed by atoms with Crippen LogP contribution in [0.3, 0.4) is 0 Å². The summed E-state index contributed by atoms with van der Waals surface area (Å²) >= 11 is 0. The second-order valence-corrected chi connectivity index (χ2v) is 9.06. The molecule has 3 rings (SSSR count). The van der Waals surface area contributed by atoms with Gasteiger partial charge in [-0.25, -0.2) is 0 Å². The van der Waals surface area contributed by atoms with Crippen LogP contribution in [0.15, 0.2) is 48.5 Å². The molecule has 3 N–H and O–H groups in total. The Morgan fingerprint density at radius 2 is 1.76 bits per heavy atom. The van der Waals surface area contributed by atoms with Gasteiger partial charge < -0.3 is 16.0 Å². The summed E-state index contributed by atoms with van der Waals surface area (Å²) in [7, 11) is 0. The number of hydrogen-bond acceptors (Lipinski definition) is 4. The smallest absolute Gasteiger partial charge is 0.253 e. The van der Waals surface area contributed by atoms with E-state index >= 15 is 0 Å². The lowest BCUT2D eigenvalue weighted by Gasteiger charge is -2.32. The van der Waals surface area contributed by atoms with Crippen molar-refractivity contribution in [3.8, 4) is 0 Å². The minimum atomic E-state index is -0.225. The first kappa shape index (κ1) is 25.4. The first-order valence-electron chi connectivity index (χ1n) is 12.2. The van der Waals surface area contributed by atoms with Crippen molar-refractivity contribution in [2.24, 2.45) is 5.92 Å². The van der Waals surface area contributed by atoms with Crippen LogP contribution in [0.4, 0.5) is 5.69 Å². The summed E-state index contributed by atoms with van der Waals surface area (Å²) < 4.78 is 0. The van der Waals surface area contributed by atoms with Crippen molar-refractivity contribution in [1.29, 1.82) is 0 Å². The van der Waals surface area contributed by atoms with Gasteiger partial charge in [0, 0.05) is 26.1 Å². The predicted molar refractivity (Wildman–Crippen MR) is 135 cm³/mol. The minimum absolute atomic E-state index is 0.0922. The quantitative estimate of drug-likeness (QED) is 0.502. The Bertz CT molecular complexity index is 974. The zero-order valence-electron chi connectivity index (χ0n) is 20.2. The van der Waals surface area contributed by atoms with E-state index in [1.807, 2.05) is 44.2 Å². The average molecular weight is 465 g/mol. The van der Waals surface area contributed by atoms with Gasteiger partial charge in [0.1, 0.15) is 0 Å². The average Bonchev–Trinajstić information content (AvgIpc) is 2.83. The van der Waals surface area contributed by atoms with Gasteiger partial charge in [0.2, 0.25) is 11.8 Å². The normalized spacial score (nSPS) is 16.0. The zero-order chi connectivity index (χ0) is 24.3. The molecule has 34 heavy (non-hydrogen) atoms. The molecule has 7 heteroatoms. The van der Waals surface area contributed by atoms with Crippen molar-refractivity contribution < 1.29 is 14.4 Å². The summed E-state index contributed by atoms with van der Waals surface area (Å²) in [6, 6.07) is 15.1. The number of nitrogens with zero attached hydrogens (tertiary/aromatic N) is 1. The van der Waals surface area contributed by atoms with Crippen LogP contribution < -0.4 is 16.0 Å². The third kappa shape index (κ3) is 7.99. The Kier molecular flexibility index (Phi) is 9.64. The second kappa shape index (κ2) is 12.9. The van der Waals surface area contributed by atoms with Crippen molar-refractivity contribution in [2.75, 3.05) is 31.5 Å². The van der Waals surface area contributed by atoms with Crippen LogP contribution in [0.2, 0.25) is 0 Å². The number of para-hydroxylation sites is 1. The van der Waals surface area contributed by atoms with Crippen LogP contribution in [0.1, 0.15) is 54.1 Å². The molecule has 1 aliphatic rings. The lowest BCUT2D eigenvalue weighted by Crippen LogP contribution is -2.44. The number of likely N-dealkylation sites (tertiary alicyclic amines) is 1. The van der Waals surface area contributed by atoms with Gasteiger partial charge in [-0.3, -0.25) is 19.3 Å². The largest absolute Gasteiger partial charge is 0.356 e. The molecule has 1 heterocycles. The molecular weight excluding hydrogens is 428 g/mol. The van der Waals surface area contributed by atoms with Crippen molar-refractivity contribution >= 4 is 23.4 Å². The van der Waals surface area contributed by atoms with Gasteiger partial charge in [0.25, 0.3) is 5.91 Å². The third-order valence-corrected chi connectivity index (χ3v) is 6.05. The van der Waals surface area contributed by atoms with Gasteiger partial charge in [-0.2, -0.15) is 0 Å². The lowest BCUT2D eigenvalue weighted by molar-refractivity contribution is -0.121. The SMILES string of the molecule is CCCC(=O)NCC1CCCN(CC(=O)Nc2ccccc2C(=O)NCc2ccc(C)cc2)C1. The van der Waals surface area contributed by atoms with E-state index in [0.717, 1.165) is 37.9 Å². The highest BCUT2D eigenvalue weighted by atomic mass is 16.2. The van der Waals surface area contributed by atoms with Gasteiger partial charge in [-0.1, -0.05) is 48.9 Å². The molecule has 0 aromatic heterocycles. The van der Waals surface area contributed by atoms with E-state index in [-0.39, 0.29) is 24.3 Å². The molecule has 1 saturated heterocycles. The Morgan fingerprint density at radius 3 is 2.53 bits per heavy atom. The van der Waals surface area contributed by atoms with Crippen LogP contribution in [0.5, 0.6) is 0 Å². The first-order valence-corrected chi connectivity index (χ1v) is 12.2. The van der Waals surface area contributed by atoms with Crippen LogP contribution in [-0.2, 0) is 16.1 Å². The van der Waals surface area contributed by atoms with Gasteiger partial charge in [-0.15, -0.1) is 0 Å². The summed E-state index contributed by atoms with van der Waals surface area (Å²) in [5.41, 5.74) is 3.14. The number of carbonyl (C=O) groups is 3. The highest BCUT2D eigenvalue weighted by Crippen LogP contribution is 2.18. The highest BCUT2D eigenvalue weighted by Gasteiger charge is 2.22. The number of nitrogens with one attached hydrogen (secondary N) is 3. The highest BCUT2D eigenvalue weighted by molar-refractivity contribution is 6.04. The molecule has 2 aromatic rings. The molecule has 182 valence electrons. The Morgan fingerprint density at radius 1 is 1.00 bits per heavy atom. The van der Waals surface area contributed by atoms with Crippen molar-refractivity contribution in [2.45, 2.75) is 46.1 Å².